The van der Waals surface area contributed by atoms with Crippen LogP contribution in [-0.4, -0.2) is 14.3 Å². The molecule has 0 radical (unpaired) electrons. The lowest BCUT2D eigenvalue weighted by molar-refractivity contribution is -0.135. The average molecular weight is 425 g/mol. The van der Waals surface area contributed by atoms with Gasteiger partial charge in [-0.1, -0.05) is 58.3 Å². The van der Waals surface area contributed by atoms with E-state index in [0.717, 1.165) is 25.7 Å². The molecule has 0 heterocycles. The molecule has 0 aliphatic rings. The number of unbranched alkanes of at least 4 members (excludes halogenated alkanes) is 8. The van der Waals surface area contributed by atoms with Crippen molar-refractivity contribution in [2.75, 3.05) is 0 Å². The number of carbonyl (C=O) groups excluding carboxylic acids is 1. The number of rotatable bonds is 12. The van der Waals surface area contributed by atoms with Crippen molar-refractivity contribution in [3.63, 3.8) is 0 Å². The summed E-state index contributed by atoms with van der Waals surface area (Å²) >= 11 is 0. The molecule has 0 unspecified atom stereocenters. The van der Waals surface area contributed by atoms with Crippen LogP contribution in [0.2, 0.25) is 13.1 Å². The Balaban J connectivity index is 2.52. The first-order chi connectivity index (χ1) is 13.1. The minimum absolute atomic E-state index is 0.0572. The highest BCUT2D eigenvalue weighted by atomic mass is 28.4. The Bertz CT molecular complexity index is 635. The number of carbonyl (C=O) groups is 1. The first kappa shape index (κ1) is 24.6. The van der Waals surface area contributed by atoms with Crippen LogP contribution >= 0.6 is 0 Å². The van der Waals surface area contributed by atoms with Gasteiger partial charge < -0.3 is 4.43 Å². The van der Waals surface area contributed by atoms with E-state index in [0.29, 0.717) is 6.42 Å². The van der Waals surface area contributed by atoms with Crippen LogP contribution in [0.1, 0.15) is 71.1 Å². The predicted octanol–water partition coefficient (Wildman–Crippen LogP) is 6.26. The minimum atomic E-state index is -3.66. The molecule has 0 aliphatic heterocycles. The molecular formula is C20H29F5O2Si. The Morgan fingerprint density at radius 1 is 0.714 bits per heavy atom. The molecule has 0 amide bonds. The Morgan fingerprint density at radius 3 is 1.57 bits per heavy atom. The zero-order valence-electron chi connectivity index (χ0n) is 16.8. The lowest BCUT2D eigenvalue weighted by atomic mass is 10.1. The molecule has 1 rings (SSSR count). The maximum absolute atomic E-state index is 14.0. The summed E-state index contributed by atoms with van der Waals surface area (Å²) in [7, 11) is -3.66. The smallest absolute Gasteiger partial charge is 0.292 e. The van der Waals surface area contributed by atoms with E-state index in [2.05, 4.69) is 6.92 Å². The Labute approximate surface area is 164 Å². The van der Waals surface area contributed by atoms with E-state index in [9.17, 15) is 26.7 Å². The summed E-state index contributed by atoms with van der Waals surface area (Å²) < 4.78 is 73.1. The Kier molecular flexibility index (Phi) is 10.1. The van der Waals surface area contributed by atoms with Gasteiger partial charge in [-0.05, 0) is 19.5 Å². The quantitative estimate of drug-likeness (QED) is 0.130. The highest BCUT2D eigenvalue weighted by Crippen LogP contribution is 2.21. The molecule has 0 spiro atoms. The van der Waals surface area contributed by atoms with E-state index in [-0.39, 0.29) is 6.42 Å². The summed E-state index contributed by atoms with van der Waals surface area (Å²) in [5.74, 6) is -10.8. The molecule has 8 heteroatoms. The van der Waals surface area contributed by atoms with Crippen molar-refractivity contribution in [1.29, 1.82) is 0 Å². The van der Waals surface area contributed by atoms with Crippen molar-refractivity contribution in [2.24, 2.45) is 0 Å². The summed E-state index contributed by atoms with van der Waals surface area (Å²) in [5, 5.41) is -1.01. The maximum Gasteiger partial charge on any atom is 0.292 e. The summed E-state index contributed by atoms with van der Waals surface area (Å²) in [6.07, 6.45) is 9.57. The van der Waals surface area contributed by atoms with Crippen molar-refractivity contribution in [1.82, 2.24) is 0 Å². The first-order valence-electron chi connectivity index (χ1n) is 9.87. The van der Waals surface area contributed by atoms with Gasteiger partial charge in [0.25, 0.3) is 14.3 Å². The lowest BCUT2D eigenvalue weighted by Crippen LogP contribution is -2.51. The van der Waals surface area contributed by atoms with E-state index in [1.807, 2.05) is 0 Å². The van der Waals surface area contributed by atoms with Gasteiger partial charge in [0.1, 0.15) is 0 Å². The molecule has 2 nitrogen and oxygen atoms in total. The molecular weight excluding hydrogens is 395 g/mol. The van der Waals surface area contributed by atoms with Gasteiger partial charge in [-0.2, -0.15) is 0 Å². The molecule has 1 aromatic rings. The summed E-state index contributed by atoms with van der Waals surface area (Å²) in [6, 6.07) is 0. The van der Waals surface area contributed by atoms with Crippen molar-refractivity contribution < 1.29 is 31.2 Å². The largest absolute Gasteiger partial charge is 0.515 e. The van der Waals surface area contributed by atoms with Gasteiger partial charge >= 0.3 is 0 Å². The van der Waals surface area contributed by atoms with Crippen LogP contribution in [0.5, 0.6) is 0 Å². The van der Waals surface area contributed by atoms with Gasteiger partial charge in [0.2, 0.25) is 5.82 Å². The molecule has 0 N–H and O–H groups in total. The SMILES string of the molecule is CCCCCCCCCCCC(=O)O[Si](C)(C)c1c(F)c(F)c(F)c(F)c1F. The third-order valence-electron chi connectivity index (χ3n) is 4.67. The summed E-state index contributed by atoms with van der Waals surface area (Å²) in [6.45, 7) is 4.63. The van der Waals surface area contributed by atoms with E-state index in [1.54, 1.807) is 0 Å². The van der Waals surface area contributed by atoms with Gasteiger partial charge in [-0.25, -0.2) is 22.0 Å². The predicted molar refractivity (Wildman–Crippen MR) is 101 cm³/mol. The molecule has 0 saturated carbocycles. The first-order valence-corrected chi connectivity index (χ1v) is 12.8. The number of halogens is 5. The summed E-state index contributed by atoms with van der Waals surface area (Å²) in [4.78, 5) is 12.0. The van der Waals surface area contributed by atoms with Gasteiger partial charge in [0.15, 0.2) is 23.3 Å². The van der Waals surface area contributed by atoms with E-state index >= 15 is 0 Å². The third-order valence-corrected chi connectivity index (χ3v) is 7.05. The molecule has 28 heavy (non-hydrogen) atoms. The third kappa shape index (κ3) is 6.86. The molecule has 0 aromatic heterocycles. The van der Waals surface area contributed by atoms with Gasteiger partial charge in [0.05, 0.1) is 5.19 Å². The standard InChI is InChI=1S/C20H29F5O2Si/c1-4-5-6-7-8-9-10-11-12-13-14(26)27-28(2,3)20-18(24)16(22)15(21)17(23)19(20)25/h4-13H2,1-3H3. The molecule has 160 valence electrons. The zero-order valence-corrected chi connectivity index (χ0v) is 17.8. The monoisotopic (exact) mass is 424 g/mol. The minimum Gasteiger partial charge on any atom is -0.515 e. The normalized spacial score (nSPS) is 11.7. The van der Waals surface area contributed by atoms with Crippen LogP contribution in [0.3, 0.4) is 0 Å². The second-order valence-electron chi connectivity index (χ2n) is 7.51. The second kappa shape index (κ2) is 11.5. The van der Waals surface area contributed by atoms with Gasteiger partial charge in [-0.15, -0.1) is 0 Å². The van der Waals surface area contributed by atoms with E-state index in [4.69, 9.17) is 4.43 Å². The highest BCUT2D eigenvalue weighted by molar-refractivity contribution is 6.85. The Morgan fingerprint density at radius 2 is 1.11 bits per heavy atom. The van der Waals surface area contributed by atoms with E-state index < -0.39 is 48.6 Å². The van der Waals surface area contributed by atoms with Crippen LogP contribution in [-0.2, 0) is 9.22 Å². The van der Waals surface area contributed by atoms with Crippen molar-refractivity contribution in [3.05, 3.63) is 29.1 Å². The number of benzene rings is 1. The lowest BCUT2D eigenvalue weighted by Gasteiger charge is -2.24. The fraction of sp³-hybridized carbons (Fsp3) is 0.650. The molecule has 0 saturated heterocycles. The molecule has 0 aliphatic carbocycles. The highest BCUT2D eigenvalue weighted by Gasteiger charge is 2.40. The number of hydrogen-bond acceptors (Lipinski definition) is 2. The summed E-state index contributed by atoms with van der Waals surface area (Å²) in [5.41, 5.74) is 0. The molecule has 0 atom stereocenters. The molecule has 1 aromatic carbocycles. The van der Waals surface area contributed by atoms with Crippen molar-refractivity contribution in [3.8, 4) is 0 Å². The Hall–Kier alpha value is -1.44. The second-order valence-corrected chi connectivity index (χ2v) is 11.2. The fourth-order valence-electron chi connectivity index (χ4n) is 3.10. The van der Waals surface area contributed by atoms with Crippen LogP contribution in [0.4, 0.5) is 22.0 Å². The average Bonchev–Trinajstić information content (AvgIpc) is 2.63. The van der Waals surface area contributed by atoms with Gasteiger partial charge in [0, 0.05) is 6.42 Å². The van der Waals surface area contributed by atoms with Crippen LogP contribution < -0.4 is 5.19 Å². The number of hydrogen-bond donors (Lipinski definition) is 0. The van der Waals surface area contributed by atoms with Crippen LogP contribution in [0.15, 0.2) is 0 Å². The van der Waals surface area contributed by atoms with Crippen molar-refractivity contribution >= 4 is 19.5 Å². The molecule has 0 fully saturated rings. The fourth-order valence-corrected chi connectivity index (χ4v) is 5.15. The maximum atomic E-state index is 14.0. The van der Waals surface area contributed by atoms with E-state index in [1.165, 1.54) is 38.8 Å². The zero-order chi connectivity index (χ0) is 21.3. The van der Waals surface area contributed by atoms with Gasteiger partial charge in [-0.3, -0.25) is 4.79 Å². The topological polar surface area (TPSA) is 26.3 Å². The molecule has 0 bridgehead atoms. The van der Waals surface area contributed by atoms with Crippen LogP contribution in [0, 0.1) is 29.1 Å². The van der Waals surface area contributed by atoms with Crippen molar-refractivity contribution in [2.45, 2.75) is 84.2 Å². The van der Waals surface area contributed by atoms with Crippen LogP contribution in [0.25, 0.3) is 0 Å².